The van der Waals surface area contributed by atoms with E-state index in [1.54, 1.807) is 0 Å². The van der Waals surface area contributed by atoms with Gasteiger partial charge in [-0.05, 0) is 0 Å². The van der Waals surface area contributed by atoms with Crippen LogP contribution in [-0.4, -0.2) is 23.7 Å². The largest absolute Gasteiger partial charge is 0.398 e. The minimum absolute atomic E-state index is 0.142. The van der Waals surface area contributed by atoms with Crippen LogP contribution in [0.25, 0.3) is 0 Å². The second-order valence-electron chi connectivity index (χ2n) is 2.16. The van der Waals surface area contributed by atoms with Crippen molar-refractivity contribution in [3.8, 4) is 0 Å². The van der Waals surface area contributed by atoms with Crippen LogP contribution >= 0.6 is 22.9 Å². The number of nitrogens with zero attached hydrogens (tertiary/aromatic N) is 2. The molecule has 1 amide bonds. The Kier molecular flexibility index (Phi) is 3.26. The van der Waals surface area contributed by atoms with Gasteiger partial charge >= 0.3 is 0 Å². The number of nitrogens with two attached hydrogens (primary N) is 2. The summed E-state index contributed by atoms with van der Waals surface area (Å²) in [6.07, 6.45) is 0. The second kappa shape index (κ2) is 4.25. The zero-order chi connectivity index (χ0) is 10.7. The van der Waals surface area contributed by atoms with Crippen molar-refractivity contribution < 1.29 is 9.63 Å². The quantitative estimate of drug-likeness (QED) is 0.576. The number of oxime groups is 1. The number of carbonyl (C=O) groups is 1. The average Bonchev–Trinajstić information content (AvgIpc) is 2.40. The number of rotatable bonds is 3. The van der Waals surface area contributed by atoms with Crippen molar-refractivity contribution in [2.75, 3.05) is 12.8 Å². The van der Waals surface area contributed by atoms with Crippen molar-refractivity contribution in [1.82, 2.24) is 4.98 Å². The summed E-state index contributed by atoms with van der Waals surface area (Å²) in [5.74, 6) is -0.779. The van der Waals surface area contributed by atoms with Crippen LogP contribution in [0.15, 0.2) is 5.16 Å². The number of nitrogen functional groups attached to an aromatic ring is 1. The number of hydrogen-bond acceptors (Lipinski definition) is 6. The summed E-state index contributed by atoms with van der Waals surface area (Å²) >= 11 is 6.78. The molecule has 0 unspecified atom stereocenters. The van der Waals surface area contributed by atoms with E-state index in [4.69, 9.17) is 23.1 Å². The van der Waals surface area contributed by atoms with Gasteiger partial charge < -0.3 is 16.3 Å². The molecule has 6 nitrogen and oxygen atoms in total. The van der Waals surface area contributed by atoms with E-state index in [2.05, 4.69) is 15.0 Å². The number of halogens is 1. The van der Waals surface area contributed by atoms with Crippen LogP contribution in [0.2, 0.25) is 4.34 Å². The van der Waals surface area contributed by atoms with Crippen molar-refractivity contribution >= 4 is 39.7 Å². The third kappa shape index (κ3) is 2.12. The van der Waals surface area contributed by atoms with Crippen molar-refractivity contribution in [2.24, 2.45) is 10.9 Å². The maximum absolute atomic E-state index is 10.9. The Balaban J connectivity index is 3.18. The smallest absolute Gasteiger partial charge is 0.273 e. The molecule has 0 saturated carbocycles. The highest BCUT2D eigenvalue weighted by molar-refractivity contribution is 7.19. The van der Waals surface area contributed by atoms with Crippen LogP contribution in [-0.2, 0) is 9.63 Å². The van der Waals surface area contributed by atoms with Crippen LogP contribution in [0.5, 0.6) is 0 Å². The van der Waals surface area contributed by atoms with Gasteiger partial charge in [-0.15, -0.1) is 0 Å². The lowest BCUT2D eigenvalue weighted by atomic mass is 10.3. The lowest BCUT2D eigenvalue weighted by molar-refractivity contribution is -0.112. The second-order valence-corrected chi connectivity index (χ2v) is 3.79. The van der Waals surface area contributed by atoms with E-state index in [0.717, 1.165) is 11.3 Å². The minimum atomic E-state index is -0.779. The number of thiazole rings is 1. The van der Waals surface area contributed by atoms with Gasteiger partial charge in [0.1, 0.15) is 17.1 Å². The number of primary amides is 1. The Hall–Kier alpha value is -1.34. The van der Waals surface area contributed by atoms with Gasteiger partial charge in [0.15, 0.2) is 10.8 Å². The molecule has 0 radical (unpaired) electrons. The normalized spacial score (nSPS) is 11.4. The third-order valence-electron chi connectivity index (χ3n) is 1.24. The van der Waals surface area contributed by atoms with Gasteiger partial charge in [0.05, 0.1) is 0 Å². The first-order valence-electron chi connectivity index (χ1n) is 3.39. The van der Waals surface area contributed by atoms with Gasteiger partial charge in [0.2, 0.25) is 0 Å². The topological polar surface area (TPSA) is 104 Å². The predicted octanol–water partition coefficient (Wildman–Crippen LogP) is 0.215. The van der Waals surface area contributed by atoms with Gasteiger partial charge in [-0.1, -0.05) is 28.1 Å². The molecule has 1 rings (SSSR count). The molecule has 0 aliphatic heterocycles. The highest BCUT2D eigenvalue weighted by atomic mass is 35.5. The molecule has 4 N–H and O–H groups in total. The summed E-state index contributed by atoms with van der Waals surface area (Å²) < 4.78 is 0.247. The lowest BCUT2D eigenvalue weighted by Crippen LogP contribution is -2.25. The number of carbonyl (C=O) groups excluding carboxylic acids is 1. The van der Waals surface area contributed by atoms with Crippen LogP contribution in [0.1, 0.15) is 5.69 Å². The highest BCUT2D eigenvalue weighted by Gasteiger charge is 2.19. The molecule has 14 heavy (non-hydrogen) atoms. The van der Waals surface area contributed by atoms with Gasteiger partial charge in [0.25, 0.3) is 5.91 Å². The van der Waals surface area contributed by atoms with Crippen molar-refractivity contribution in [3.05, 3.63) is 10.0 Å². The Morgan fingerprint density at radius 3 is 2.71 bits per heavy atom. The van der Waals surface area contributed by atoms with Gasteiger partial charge in [-0.25, -0.2) is 4.98 Å². The molecule has 0 saturated heterocycles. The SMILES string of the molecule is CO/N=C(\C(N)=O)c1nc(N)sc1Cl. The monoisotopic (exact) mass is 234 g/mol. The van der Waals surface area contributed by atoms with E-state index in [-0.39, 0.29) is 20.9 Å². The minimum Gasteiger partial charge on any atom is -0.398 e. The van der Waals surface area contributed by atoms with Crippen LogP contribution in [0.4, 0.5) is 5.13 Å². The molecule has 0 aromatic carbocycles. The lowest BCUT2D eigenvalue weighted by Gasteiger charge is -1.96. The van der Waals surface area contributed by atoms with Crippen molar-refractivity contribution in [2.45, 2.75) is 0 Å². The summed E-state index contributed by atoms with van der Waals surface area (Å²) in [4.78, 5) is 19.2. The summed E-state index contributed by atoms with van der Waals surface area (Å²) in [7, 11) is 1.28. The average molecular weight is 235 g/mol. The molecule has 1 aromatic heterocycles. The molecule has 0 aliphatic rings. The van der Waals surface area contributed by atoms with Gasteiger partial charge in [-0.3, -0.25) is 4.79 Å². The number of aromatic nitrogens is 1. The first-order valence-corrected chi connectivity index (χ1v) is 4.58. The van der Waals surface area contributed by atoms with Gasteiger partial charge in [-0.2, -0.15) is 0 Å². The summed E-state index contributed by atoms with van der Waals surface area (Å²) in [6.45, 7) is 0. The summed E-state index contributed by atoms with van der Waals surface area (Å²) in [5, 5.41) is 3.65. The molecular weight excluding hydrogens is 228 g/mol. The molecule has 0 spiro atoms. The number of amides is 1. The van der Waals surface area contributed by atoms with E-state index in [1.165, 1.54) is 7.11 Å². The fourth-order valence-corrected chi connectivity index (χ4v) is 1.69. The molecule has 1 heterocycles. The molecule has 1 aromatic rings. The Labute approximate surface area is 88.5 Å². The first-order chi connectivity index (χ1) is 6.56. The maximum Gasteiger partial charge on any atom is 0.273 e. The van der Waals surface area contributed by atoms with E-state index in [1.807, 2.05) is 0 Å². The van der Waals surface area contributed by atoms with Gasteiger partial charge in [0, 0.05) is 0 Å². The van der Waals surface area contributed by atoms with Crippen molar-refractivity contribution in [1.29, 1.82) is 0 Å². The van der Waals surface area contributed by atoms with E-state index < -0.39 is 5.91 Å². The molecule has 76 valence electrons. The molecule has 0 bridgehead atoms. The zero-order valence-electron chi connectivity index (χ0n) is 7.15. The predicted molar refractivity (Wildman–Crippen MR) is 54.3 cm³/mol. The Morgan fingerprint density at radius 2 is 2.36 bits per heavy atom. The molecule has 0 fully saturated rings. The van der Waals surface area contributed by atoms with E-state index in [0.29, 0.717) is 0 Å². The third-order valence-corrected chi connectivity index (χ3v) is 2.33. The number of anilines is 1. The van der Waals surface area contributed by atoms with Crippen LogP contribution in [0.3, 0.4) is 0 Å². The Morgan fingerprint density at radius 1 is 1.71 bits per heavy atom. The standard InChI is InChI=1S/C6H7ClN4O2S/c1-13-11-3(5(8)12)2-4(7)14-6(9)10-2/h1H3,(H2,8,12)(H2,9,10)/b11-3-. The van der Waals surface area contributed by atoms with E-state index in [9.17, 15) is 4.79 Å². The highest BCUT2D eigenvalue weighted by Crippen LogP contribution is 2.26. The fraction of sp³-hybridized carbons (Fsp3) is 0.167. The molecule has 8 heteroatoms. The summed E-state index contributed by atoms with van der Waals surface area (Å²) in [5.41, 5.74) is 10.4. The van der Waals surface area contributed by atoms with Crippen LogP contribution in [0, 0.1) is 0 Å². The summed E-state index contributed by atoms with van der Waals surface area (Å²) in [6, 6.07) is 0. The first kappa shape index (κ1) is 10.7. The number of hydrogen-bond donors (Lipinski definition) is 2. The fourth-order valence-electron chi connectivity index (χ4n) is 0.759. The maximum atomic E-state index is 10.9. The Bertz CT molecular complexity index is 389. The zero-order valence-corrected chi connectivity index (χ0v) is 8.72. The van der Waals surface area contributed by atoms with Crippen molar-refractivity contribution in [3.63, 3.8) is 0 Å². The van der Waals surface area contributed by atoms with Crippen LogP contribution < -0.4 is 11.5 Å². The molecular formula is C6H7ClN4O2S. The van der Waals surface area contributed by atoms with E-state index >= 15 is 0 Å². The molecule has 0 aliphatic carbocycles. The molecule has 0 atom stereocenters.